The van der Waals surface area contributed by atoms with E-state index in [4.69, 9.17) is 9.47 Å². The summed E-state index contributed by atoms with van der Waals surface area (Å²) in [5.41, 5.74) is 3.99. The molecule has 0 saturated carbocycles. The van der Waals surface area contributed by atoms with Crippen LogP contribution in [0.15, 0.2) is 65.1 Å². The lowest BCUT2D eigenvalue weighted by Crippen LogP contribution is -2.16. The van der Waals surface area contributed by atoms with Crippen LogP contribution in [0, 0.1) is 10.1 Å². The monoisotopic (exact) mass is 411 g/mol. The van der Waals surface area contributed by atoms with Crippen molar-refractivity contribution < 1.29 is 19.2 Å². The highest BCUT2D eigenvalue weighted by Gasteiger charge is 2.08. The standard InChI is InChI=1S/C20H17N3O5S/c1-27-18-9-4-14(12-21-22-20(24)19-3-2-10-29-19)11-15(18)13-28-17-7-5-16(6-8-17)23(25)26/h2-12H,13H2,1H3,(H,22,24)/b21-12-. The third-order valence-corrected chi connectivity index (χ3v) is 4.74. The van der Waals surface area contributed by atoms with Gasteiger partial charge in [0, 0.05) is 17.7 Å². The smallest absolute Gasteiger partial charge is 0.281 e. The van der Waals surface area contributed by atoms with Crippen LogP contribution in [0.2, 0.25) is 0 Å². The van der Waals surface area contributed by atoms with Gasteiger partial charge in [0.2, 0.25) is 0 Å². The Hall–Kier alpha value is -3.72. The molecular weight excluding hydrogens is 394 g/mol. The Kier molecular flexibility index (Phi) is 6.54. The molecule has 3 aromatic rings. The zero-order valence-electron chi connectivity index (χ0n) is 15.4. The molecule has 1 N–H and O–H groups in total. The molecule has 1 aromatic heterocycles. The van der Waals surface area contributed by atoms with E-state index in [-0.39, 0.29) is 18.2 Å². The number of thiophene rings is 1. The summed E-state index contributed by atoms with van der Waals surface area (Å²) in [6, 6.07) is 14.8. The molecule has 0 saturated heterocycles. The van der Waals surface area contributed by atoms with E-state index in [9.17, 15) is 14.9 Å². The lowest BCUT2D eigenvalue weighted by atomic mass is 10.1. The van der Waals surface area contributed by atoms with Crippen molar-refractivity contribution in [2.24, 2.45) is 5.10 Å². The van der Waals surface area contributed by atoms with Crippen LogP contribution >= 0.6 is 11.3 Å². The minimum atomic E-state index is -0.465. The van der Waals surface area contributed by atoms with Crippen LogP contribution in [0.5, 0.6) is 11.5 Å². The van der Waals surface area contributed by atoms with Gasteiger partial charge in [-0.2, -0.15) is 5.10 Å². The summed E-state index contributed by atoms with van der Waals surface area (Å²) in [7, 11) is 1.56. The fourth-order valence-electron chi connectivity index (χ4n) is 2.45. The average Bonchev–Trinajstić information content (AvgIpc) is 3.27. The zero-order valence-corrected chi connectivity index (χ0v) is 16.2. The van der Waals surface area contributed by atoms with Crippen LogP contribution in [0.4, 0.5) is 5.69 Å². The number of hydrogen-bond donors (Lipinski definition) is 1. The molecule has 3 rings (SSSR count). The topological polar surface area (TPSA) is 103 Å². The maximum Gasteiger partial charge on any atom is 0.281 e. The van der Waals surface area contributed by atoms with E-state index < -0.39 is 4.92 Å². The largest absolute Gasteiger partial charge is 0.496 e. The summed E-state index contributed by atoms with van der Waals surface area (Å²) in [6.07, 6.45) is 1.53. The Bertz CT molecular complexity index is 1020. The van der Waals surface area contributed by atoms with E-state index in [0.717, 1.165) is 11.1 Å². The van der Waals surface area contributed by atoms with Crippen LogP contribution in [0.1, 0.15) is 20.8 Å². The molecule has 0 aliphatic carbocycles. The highest BCUT2D eigenvalue weighted by molar-refractivity contribution is 7.12. The van der Waals surface area contributed by atoms with Crippen molar-refractivity contribution in [3.05, 3.63) is 86.1 Å². The van der Waals surface area contributed by atoms with Crippen LogP contribution in [0.3, 0.4) is 0 Å². The first-order valence-corrected chi connectivity index (χ1v) is 9.36. The first-order chi connectivity index (χ1) is 14.1. The van der Waals surface area contributed by atoms with Gasteiger partial charge in [0.1, 0.15) is 18.1 Å². The van der Waals surface area contributed by atoms with Crippen LogP contribution in [0.25, 0.3) is 0 Å². The molecule has 0 radical (unpaired) electrons. The molecule has 0 bridgehead atoms. The van der Waals surface area contributed by atoms with Crippen molar-refractivity contribution in [1.82, 2.24) is 5.43 Å². The number of nitrogens with zero attached hydrogens (tertiary/aromatic N) is 2. The fraction of sp³-hybridized carbons (Fsp3) is 0.100. The number of nitro benzene ring substituents is 1. The molecular formula is C20H17N3O5S. The lowest BCUT2D eigenvalue weighted by molar-refractivity contribution is -0.384. The quantitative estimate of drug-likeness (QED) is 0.343. The highest BCUT2D eigenvalue weighted by atomic mass is 32.1. The summed E-state index contributed by atoms with van der Waals surface area (Å²) in [5, 5.41) is 16.5. The molecule has 8 nitrogen and oxygen atoms in total. The molecule has 0 aliphatic heterocycles. The van der Waals surface area contributed by atoms with Gasteiger partial charge in [0.25, 0.3) is 11.6 Å². The summed E-state index contributed by atoms with van der Waals surface area (Å²) in [6.45, 7) is 0.199. The second kappa shape index (κ2) is 9.47. The predicted molar refractivity (Wildman–Crippen MR) is 110 cm³/mol. The molecule has 29 heavy (non-hydrogen) atoms. The number of carbonyl (C=O) groups is 1. The second-order valence-electron chi connectivity index (χ2n) is 5.79. The number of non-ortho nitro benzene ring substituents is 1. The normalized spacial score (nSPS) is 10.7. The molecule has 1 amide bonds. The molecule has 1 heterocycles. The Morgan fingerprint density at radius 2 is 2.03 bits per heavy atom. The van der Waals surface area contributed by atoms with Crippen molar-refractivity contribution in [3.8, 4) is 11.5 Å². The number of nitro groups is 1. The third kappa shape index (κ3) is 5.39. The molecule has 0 atom stereocenters. The van der Waals surface area contributed by atoms with E-state index in [1.807, 2.05) is 11.4 Å². The molecule has 0 aliphatic rings. The van der Waals surface area contributed by atoms with Gasteiger partial charge >= 0.3 is 0 Å². The van der Waals surface area contributed by atoms with Crippen molar-refractivity contribution in [3.63, 3.8) is 0 Å². The third-order valence-electron chi connectivity index (χ3n) is 3.87. The number of carbonyl (C=O) groups excluding carboxylic acids is 1. The minimum Gasteiger partial charge on any atom is -0.496 e. The molecule has 148 valence electrons. The van der Waals surface area contributed by atoms with Crippen LogP contribution in [-0.4, -0.2) is 24.2 Å². The highest BCUT2D eigenvalue weighted by Crippen LogP contribution is 2.23. The van der Waals surface area contributed by atoms with Crippen molar-refractivity contribution >= 4 is 29.1 Å². The number of ether oxygens (including phenoxy) is 2. The number of hydrazone groups is 1. The Morgan fingerprint density at radius 3 is 2.69 bits per heavy atom. The van der Waals surface area contributed by atoms with Gasteiger partial charge in [0.15, 0.2) is 0 Å². The molecule has 2 aromatic carbocycles. The van der Waals surface area contributed by atoms with Crippen LogP contribution in [-0.2, 0) is 6.61 Å². The maximum atomic E-state index is 11.9. The predicted octanol–water partition coefficient (Wildman–Crippen LogP) is 4.01. The molecule has 9 heteroatoms. The minimum absolute atomic E-state index is 0.00210. The van der Waals surface area contributed by atoms with Gasteiger partial charge in [0.05, 0.1) is 23.1 Å². The number of methoxy groups -OCH3 is 1. The molecule has 0 fully saturated rings. The van der Waals surface area contributed by atoms with E-state index in [1.54, 1.807) is 31.4 Å². The van der Waals surface area contributed by atoms with Gasteiger partial charge in [-0.05, 0) is 47.3 Å². The number of nitrogens with one attached hydrogen (secondary N) is 1. The maximum absolute atomic E-state index is 11.9. The van der Waals surface area contributed by atoms with Crippen molar-refractivity contribution in [1.29, 1.82) is 0 Å². The Labute approximate surface area is 170 Å². The SMILES string of the molecule is COc1ccc(/C=N\NC(=O)c2cccs2)cc1COc1ccc([N+](=O)[O-])cc1. The lowest BCUT2D eigenvalue weighted by Gasteiger charge is -2.11. The van der Waals surface area contributed by atoms with Crippen LogP contribution < -0.4 is 14.9 Å². The van der Waals surface area contributed by atoms with Gasteiger partial charge in [-0.3, -0.25) is 14.9 Å². The average molecular weight is 411 g/mol. The summed E-state index contributed by atoms with van der Waals surface area (Å²) >= 11 is 1.34. The summed E-state index contributed by atoms with van der Waals surface area (Å²) in [5.74, 6) is 0.859. The number of amides is 1. The first-order valence-electron chi connectivity index (χ1n) is 8.48. The second-order valence-corrected chi connectivity index (χ2v) is 6.74. The molecule has 0 unspecified atom stereocenters. The van der Waals surface area contributed by atoms with Gasteiger partial charge in [-0.15, -0.1) is 11.3 Å². The Morgan fingerprint density at radius 1 is 1.24 bits per heavy atom. The van der Waals surface area contributed by atoms with Gasteiger partial charge in [-0.1, -0.05) is 6.07 Å². The summed E-state index contributed by atoms with van der Waals surface area (Å²) < 4.78 is 11.0. The Balaban J connectivity index is 1.65. The fourth-order valence-corrected chi connectivity index (χ4v) is 3.06. The number of rotatable bonds is 8. The first kappa shape index (κ1) is 20.0. The van der Waals surface area contributed by atoms with Gasteiger partial charge in [-0.25, -0.2) is 5.43 Å². The van der Waals surface area contributed by atoms with Gasteiger partial charge < -0.3 is 9.47 Å². The van der Waals surface area contributed by atoms with E-state index in [1.165, 1.54) is 41.8 Å². The van der Waals surface area contributed by atoms with Crippen molar-refractivity contribution in [2.45, 2.75) is 6.61 Å². The zero-order chi connectivity index (χ0) is 20.6. The number of benzene rings is 2. The summed E-state index contributed by atoms with van der Waals surface area (Å²) in [4.78, 5) is 22.7. The van der Waals surface area contributed by atoms with E-state index >= 15 is 0 Å². The van der Waals surface area contributed by atoms with Crippen molar-refractivity contribution in [2.75, 3.05) is 7.11 Å². The molecule has 0 spiro atoms. The van der Waals surface area contributed by atoms with E-state index in [0.29, 0.717) is 16.4 Å². The van der Waals surface area contributed by atoms with E-state index in [2.05, 4.69) is 10.5 Å². The number of hydrogen-bond acceptors (Lipinski definition) is 7.